The lowest BCUT2D eigenvalue weighted by atomic mass is 10.1. The first-order chi connectivity index (χ1) is 6.50. The fourth-order valence-electron chi connectivity index (χ4n) is 1.07. The van der Waals surface area contributed by atoms with Gasteiger partial charge >= 0.3 is 0 Å². The Balaban J connectivity index is 2.85. The smallest absolute Gasteiger partial charge is 0.262 e. The monoisotopic (exact) mass is 212 g/mol. The maximum absolute atomic E-state index is 10.8. The molecule has 0 amide bonds. The zero-order valence-electron chi connectivity index (χ0n) is 8.50. The van der Waals surface area contributed by atoms with Crippen LogP contribution in [0.25, 0.3) is 0 Å². The van der Waals surface area contributed by atoms with Crippen LogP contribution in [0.4, 0.5) is 0 Å². The second-order valence-corrected chi connectivity index (χ2v) is 3.71. The molecule has 3 heteroatoms. The third-order valence-electron chi connectivity index (χ3n) is 1.97. The van der Waals surface area contributed by atoms with Gasteiger partial charge in [-0.25, -0.2) is 0 Å². The predicted octanol–water partition coefficient (Wildman–Crippen LogP) is 2.84. The quantitative estimate of drug-likeness (QED) is 0.721. The molecular weight excluding hydrogens is 200 g/mol. The fourth-order valence-corrected chi connectivity index (χ4v) is 1.12. The van der Waals surface area contributed by atoms with Crippen LogP contribution >= 0.6 is 11.6 Å². The lowest BCUT2D eigenvalue weighted by Gasteiger charge is -2.13. The Bertz CT molecular complexity index is 347. The SMILES string of the molecule is Cc1ccc(C)c(O[C@H](C)C(=O)Cl)c1. The Morgan fingerprint density at radius 1 is 1.43 bits per heavy atom. The summed E-state index contributed by atoms with van der Waals surface area (Å²) in [7, 11) is 0. The van der Waals surface area contributed by atoms with Gasteiger partial charge in [0.15, 0.2) is 6.10 Å². The van der Waals surface area contributed by atoms with Crippen LogP contribution in [-0.2, 0) is 4.79 Å². The molecule has 0 aromatic heterocycles. The number of carbonyl (C=O) groups excluding carboxylic acids is 1. The molecule has 0 bridgehead atoms. The number of halogens is 1. The van der Waals surface area contributed by atoms with Crippen molar-refractivity contribution < 1.29 is 9.53 Å². The van der Waals surface area contributed by atoms with Gasteiger partial charge in [-0.1, -0.05) is 12.1 Å². The molecule has 0 spiro atoms. The van der Waals surface area contributed by atoms with E-state index in [0.29, 0.717) is 5.75 Å². The van der Waals surface area contributed by atoms with Gasteiger partial charge in [0, 0.05) is 0 Å². The molecule has 14 heavy (non-hydrogen) atoms. The second-order valence-electron chi connectivity index (χ2n) is 3.33. The predicted molar refractivity (Wildman–Crippen MR) is 56.9 cm³/mol. The average molecular weight is 213 g/mol. The summed E-state index contributed by atoms with van der Waals surface area (Å²) in [6.45, 7) is 5.54. The van der Waals surface area contributed by atoms with Crippen LogP contribution in [0.3, 0.4) is 0 Å². The van der Waals surface area contributed by atoms with Crippen LogP contribution in [0.5, 0.6) is 5.75 Å². The molecule has 0 aliphatic heterocycles. The van der Waals surface area contributed by atoms with E-state index in [4.69, 9.17) is 16.3 Å². The molecule has 76 valence electrons. The van der Waals surface area contributed by atoms with E-state index in [1.807, 2.05) is 32.0 Å². The second kappa shape index (κ2) is 4.47. The van der Waals surface area contributed by atoms with Crippen LogP contribution in [0, 0.1) is 13.8 Å². The Labute approximate surface area is 88.8 Å². The lowest BCUT2D eigenvalue weighted by molar-refractivity contribution is -0.117. The van der Waals surface area contributed by atoms with E-state index < -0.39 is 11.3 Å². The molecular formula is C11H13ClO2. The molecule has 1 aromatic rings. The largest absolute Gasteiger partial charge is 0.481 e. The van der Waals surface area contributed by atoms with Crippen molar-refractivity contribution in [1.82, 2.24) is 0 Å². The first-order valence-corrected chi connectivity index (χ1v) is 4.81. The van der Waals surface area contributed by atoms with Crippen molar-refractivity contribution in [3.8, 4) is 5.75 Å². The van der Waals surface area contributed by atoms with E-state index in [0.717, 1.165) is 11.1 Å². The third-order valence-corrected chi connectivity index (χ3v) is 2.27. The summed E-state index contributed by atoms with van der Waals surface area (Å²) < 4.78 is 5.41. The number of benzene rings is 1. The van der Waals surface area contributed by atoms with Gasteiger partial charge in [0.2, 0.25) is 0 Å². The summed E-state index contributed by atoms with van der Waals surface area (Å²) in [5, 5.41) is -0.481. The van der Waals surface area contributed by atoms with Crippen LogP contribution < -0.4 is 4.74 Å². The zero-order chi connectivity index (χ0) is 10.7. The summed E-state index contributed by atoms with van der Waals surface area (Å²) in [6.07, 6.45) is -0.600. The van der Waals surface area contributed by atoms with Crippen molar-refractivity contribution >= 4 is 16.8 Å². The number of aryl methyl sites for hydroxylation is 2. The van der Waals surface area contributed by atoms with Crippen LogP contribution in [-0.4, -0.2) is 11.3 Å². The normalized spacial score (nSPS) is 12.3. The highest BCUT2D eigenvalue weighted by molar-refractivity contribution is 6.64. The Morgan fingerprint density at radius 3 is 2.64 bits per heavy atom. The molecule has 0 radical (unpaired) electrons. The van der Waals surface area contributed by atoms with Crippen molar-refractivity contribution in [1.29, 1.82) is 0 Å². The topological polar surface area (TPSA) is 26.3 Å². The van der Waals surface area contributed by atoms with E-state index in [1.165, 1.54) is 0 Å². The summed E-state index contributed by atoms with van der Waals surface area (Å²) in [6, 6.07) is 5.84. The molecule has 1 aromatic carbocycles. The van der Waals surface area contributed by atoms with Gasteiger partial charge in [0.05, 0.1) is 0 Å². The van der Waals surface area contributed by atoms with Crippen molar-refractivity contribution in [2.75, 3.05) is 0 Å². The molecule has 0 fully saturated rings. The average Bonchev–Trinajstić information content (AvgIpc) is 2.11. The molecule has 0 aliphatic carbocycles. The summed E-state index contributed by atoms with van der Waals surface area (Å²) in [5.74, 6) is 0.714. The number of hydrogen-bond donors (Lipinski definition) is 0. The molecule has 0 N–H and O–H groups in total. The number of hydrogen-bond acceptors (Lipinski definition) is 2. The molecule has 0 aliphatic rings. The number of carbonyl (C=O) groups is 1. The Kier molecular flexibility index (Phi) is 3.53. The van der Waals surface area contributed by atoms with Crippen LogP contribution in [0.2, 0.25) is 0 Å². The van der Waals surface area contributed by atoms with Gasteiger partial charge in [0.1, 0.15) is 5.75 Å². The number of ether oxygens (including phenoxy) is 1. The van der Waals surface area contributed by atoms with Gasteiger partial charge in [-0.3, -0.25) is 4.79 Å². The first kappa shape index (κ1) is 11.1. The van der Waals surface area contributed by atoms with Gasteiger partial charge in [-0.2, -0.15) is 0 Å². The molecule has 1 rings (SSSR count). The minimum absolute atomic E-state index is 0.481. The summed E-state index contributed by atoms with van der Waals surface area (Å²) in [4.78, 5) is 10.8. The highest BCUT2D eigenvalue weighted by Gasteiger charge is 2.12. The van der Waals surface area contributed by atoms with E-state index in [-0.39, 0.29) is 0 Å². The van der Waals surface area contributed by atoms with Crippen LogP contribution in [0.1, 0.15) is 18.1 Å². The van der Waals surface area contributed by atoms with Crippen molar-refractivity contribution in [3.05, 3.63) is 29.3 Å². The summed E-state index contributed by atoms with van der Waals surface area (Å²) >= 11 is 5.31. The maximum Gasteiger partial charge on any atom is 0.262 e. The van der Waals surface area contributed by atoms with E-state index in [9.17, 15) is 4.79 Å². The van der Waals surface area contributed by atoms with Crippen molar-refractivity contribution in [3.63, 3.8) is 0 Å². The molecule has 0 unspecified atom stereocenters. The number of rotatable bonds is 3. The maximum atomic E-state index is 10.8. The van der Waals surface area contributed by atoms with Gasteiger partial charge < -0.3 is 4.74 Å². The van der Waals surface area contributed by atoms with Gasteiger partial charge in [-0.15, -0.1) is 0 Å². The standard InChI is InChI=1S/C11H13ClO2/c1-7-4-5-8(2)10(6-7)14-9(3)11(12)13/h4-6,9H,1-3H3/t9-/m1/s1. The highest BCUT2D eigenvalue weighted by atomic mass is 35.5. The van der Waals surface area contributed by atoms with E-state index in [1.54, 1.807) is 6.92 Å². The first-order valence-electron chi connectivity index (χ1n) is 4.44. The van der Waals surface area contributed by atoms with Crippen molar-refractivity contribution in [2.45, 2.75) is 26.9 Å². The van der Waals surface area contributed by atoms with Gasteiger partial charge in [-0.05, 0) is 49.6 Å². The van der Waals surface area contributed by atoms with Crippen LogP contribution in [0.15, 0.2) is 18.2 Å². The van der Waals surface area contributed by atoms with Crippen molar-refractivity contribution in [2.24, 2.45) is 0 Å². The Morgan fingerprint density at radius 2 is 2.07 bits per heavy atom. The van der Waals surface area contributed by atoms with E-state index >= 15 is 0 Å². The van der Waals surface area contributed by atoms with Gasteiger partial charge in [0.25, 0.3) is 5.24 Å². The van der Waals surface area contributed by atoms with E-state index in [2.05, 4.69) is 0 Å². The molecule has 0 saturated heterocycles. The lowest BCUT2D eigenvalue weighted by Crippen LogP contribution is -2.19. The molecule has 1 atom stereocenters. The fraction of sp³-hybridized carbons (Fsp3) is 0.364. The summed E-state index contributed by atoms with van der Waals surface area (Å²) in [5.41, 5.74) is 2.10. The minimum atomic E-state index is -0.600. The zero-order valence-corrected chi connectivity index (χ0v) is 9.26. The third kappa shape index (κ3) is 2.74. The molecule has 0 saturated carbocycles. The Hall–Kier alpha value is -1.02. The minimum Gasteiger partial charge on any atom is -0.481 e. The molecule has 2 nitrogen and oxygen atoms in total. The highest BCUT2D eigenvalue weighted by Crippen LogP contribution is 2.20. The molecule has 0 heterocycles.